The third-order valence-corrected chi connectivity index (χ3v) is 3.27. The Morgan fingerprint density at radius 2 is 1.95 bits per heavy atom. The second-order valence-corrected chi connectivity index (χ2v) is 5.29. The smallest absolute Gasteiger partial charge is 0.238 e. The average Bonchev–Trinajstić information content (AvgIpc) is 2.41. The molecule has 0 aromatic heterocycles. The van der Waals surface area contributed by atoms with E-state index >= 15 is 0 Å². The van der Waals surface area contributed by atoms with Crippen LogP contribution < -0.4 is 11.1 Å². The van der Waals surface area contributed by atoms with Crippen LogP contribution in [-0.2, 0) is 9.59 Å². The zero-order valence-corrected chi connectivity index (χ0v) is 13.3. The van der Waals surface area contributed by atoms with Gasteiger partial charge in [-0.1, -0.05) is 18.5 Å². The first-order valence-electron chi connectivity index (χ1n) is 6.60. The van der Waals surface area contributed by atoms with Crippen molar-refractivity contribution >= 4 is 34.8 Å². The van der Waals surface area contributed by atoms with Gasteiger partial charge in [0.1, 0.15) is 0 Å². The molecule has 0 fully saturated rings. The number of hydrogen-bond acceptors (Lipinski definition) is 4. The summed E-state index contributed by atoms with van der Waals surface area (Å²) in [6, 6.07) is 4.88. The molecule has 7 heteroatoms. The summed E-state index contributed by atoms with van der Waals surface area (Å²) in [6.07, 6.45) is 0. The van der Waals surface area contributed by atoms with Gasteiger partial charge in [0.25, 0.3) is 0 Å². The van der Waals surface area contributed by atoms with E-state index in [9.17, 15) is 9.59 Å². The van der Waals surface area contributed by atoms with Crippen molar-refractivity contribution in [2.24, 2.45) is 0 Å². The summed E-state index contributed by atoms with van der Waals surface area (Å²) < 4.78 is 0. The van der Waals surface area contributed by atoms with Gasteiger partial charge in [0.2, 0.25) is 11.8 Å². The number of halogens is 1. The fraction of sp³-hybridized carbons (Fsp3) is 0.429. The van der Waals surface area contributed by atoms with Gasteiger partial charge < -0.3 is 16.0 Å². The number of hydrogen-bond donors (Lipinski definition) is 2. The highest BCUT2D eigenvalue weighted by Crippen LogP contribution is 2.23. The first-order chi connectivity index (χ1) is 9.83. The van der Waals surface area contributed by atoms with Crippen LogP contribution in [0, 0.1) is 0 Å². The summed E-state index contributed by atoms with van der Waals surface area (Å²) >= 11 is 5.99. The number of nitrogens with zero attached hydrogens (tertiary/aromatic N) is 2. The summed E-state index contributed by atoms with van der Waals surface area (Å²) in [5.74, 6) is -0.289. The number of anilines is 2. The minimum atomic E-state index is -0.240. The van der Waals surface area contributed by atoms with Crippen molar-refractivity contribution in [3.63, 3.8) is 0 Å². The monoisotopic (exact) mass is 312 g/mol. The number of benzene rings is 1. The predicted octanol–water partition coefficient (Wildman–Crippen LogP) is 1.27. The molecule has 0 aliphatic rings. The second kappa shape index (κ2) is 7.85. The Hall–Kier alpha value is -1.79. The lowest BCUT2D eigenvalue weighted by Gasteiger charge is -2.21. The molecule has 0 saturated heterocycles. The van der Waals surface area contributed by atoms with E-state index in [1.807, 2.05) is 6.92 Å². The summed E-state index contributed by atoms with van der Waals surface area (Å²) in [5, 5.41) is 3.12. The molecule has 21 heavy (non-hydrogen) atoms. The maximum atomic E-state index is 12.0. The third-order valence-electron chi connectivity index (χ3n) is 2.94. The Morgan fingerprint density at radius 1 is 1.29 bits per heavy atom. The summed E-state index contributed by atoms with van der Waals surface area (Å²) in [6.45, 7) is 2.80. The number of likely N-dealkylation sites (N-methyl/N-ethyl adjacent to an activating group) is 2. The molecule has 1 aromatic rings. The Kier molecular flexibility index (Phi) is 6.45. The zero-order chi connectivity index (χ0) is 16.0. The zero-order valence-electron chi connectivity index (χ0n) is 12.5. The quantitative estimate of drug-likeness (QED) is 0.775. The van der Waals surface area contributed by atoms with E-state index < -0.39 is 0 Å². The number of carbonyl (C=O) groups excluding carboxylic acids is 2. The van der Waals surface area contributed by atoms with E-state index in [0.717, 1.165) is 0 Å². The first kappa shape index (κ1) is 17.3. The fourth-order valence-electron chi connectivity index (χ4n) is 1.64. The molecule has 0 bridgehead atoms. The molecule has 0 saturated carbocycles. The molecule has 3 N–H and O–H groups in total. The predicted molar refractivity (Wildman–Crippen MR) is 85.3 cm³/mol. The van der Waals surface area contributed by atoms with Crippen molar-refractivity contribution in [3.05, 3.63) is 23.2 Å². The van der Waals surface area contributed by atoms with E-state index in [2.05, 4.69) is 5.32 Å². The molecule has 1 aromatic carbocycles. The van der Waals surface area contributed by atoms with E-state index in [1.54, 1.807) is 37.2 Å². The van der Waals surface area contributed by atoms with E-state index in [4.69, 9.17) is 17.3 Å². The normalized spacial score (nSPS) is 10.5. The standard InChI is InChI=1S/C14H21ClN4O2/c1-4-19(9-14(21)18(2)3)8-13(20)17-12-7-10(16)5-6-11(12)15/h5-7H,4,8-9,16H2,1-3H3,(H,17,20). The molecule has 1 rings (SSSR count). The summed E-state index contributed by atoms with van der Waals surface area (Å²) in [7, 11) is 3.37. The van der Waals surface area contributed by atoms with Gasteiger partial charge in [0.15, 0.2) is 0 Å². The molecular weight excluding hydrogens is 292 g/mol. The van der Waals surface area contributed by atoms with E-state index in [-0.39, 0.29) is 24.9 Å². The molecule has 0 aliphatic carbocycles. The number of nitrogen functional groups attached to an aromatic ring is 1. The highest BCUT2D eigenvalue weighted by molar-refractivity contribution is 6.33. The van der Waals surface area contributed by atoms with Gasteiger partial charge in [-0.2, -0.15) is 0 Å². The molecule has 0 heterocycles. The van der Waals surface area contributed by atoms with Crippen LogP contribution in [0.3, 0.4) is 0 Å². The van der Waals surface area contributed by atoms with Crippen molar-refractivity contribution in [2.45, 2.75) is 6.92 Å². The Bertz CT molecular complexity index is 520. The largest absolute Gasteiger partial charge is 0.399 e. The Labute approximate surface area is 129 Å². The van der Waals surface area contributed by atoms with Gasteiger partial charge in [-0.25, -0.2) is 0 Å². The van der Waals surface area contributed by atoms with Gasteiger partial charge in [-0.05, 0) is 24.7 Å². The van der Waals surface area contributed by atoms with Crippen LogP contribution in [-0.4, -0.2) is 55.3 Å². The molecule has 0 unspecified atom stereocenters. The van der Waals surface area contributed by atoms with Crippen LogP contribution in [0.2, 0.25) is 5.02 Å². The molecule has 6 nitrogen and oxygen atoms in total. The van der Waals surface area contributed by atoms with Crippen LogP contribution in [0.15, 0.2) is 18.2 Å². The number of amides is 2. The lowest BCUT2D eigenvalue weighted by molar-refractivity contribution is -0.130. The number of rotatable bonds is 6. The van der Waals surface area contributed by atoms with Crippen LogP contribution in [0.5, 0.6) is 0 Å². The van der Waals surface area contributed by atoms with Gasteiger partial charge in [0, 0.05) is 19.8 Å². The SMILES string of the molecule is CCN(CC(=O)Nc1cc(N)ccc1Cl)CC(=O)N(C)C. The van der Waals surface area contributed by atoms with Crippen LogP contribution in [0.1, 0.15) is 6.92 Å². The molecular formula is C14H21ClN4O2. The second-order valence-electron chi connectivity index (χ2n) is 4.88. The topological polar surface area (TPSA) is 78.7 Å². The highest BCUT2D eigenvalue weighted by Gasteiger charge is 2.15. The average molecular weight is 313 g/mol. The number of carbonyl (C=O) groups is 2. The highest BCUT2D eigenvalue weighted by atomic mass is 35.5. The Balaban J connectivity index is 2.62. The van der Waals surface area contributed by atoms with E-state index in [1.165, 1.54) is 4.90 Å². The van der Waals surface area contributed by atoms with Crippen molar-refractivity contribution < 1.29 is 9.59 Å². The van der Waals surface area contributed by atoms with E-state index in [0.29, 0.717) is 22.9 Å². The minimum Gasteiger partial charge on any atom is -0.399 e. The minimum absolute atomic E-state index is 0.0494. The maximum Gasteiger partial charge on any atom is 0.238 e. The van der Waals surface area contributed by atoms with Gasteiger partial charge in [-0.15, -0.1) is 0 Å². The van der Waals surface area contributed by atoms with Gasteiger partial charge >= 0.3 is 0 Å². The number of nitrogens with one attached hydrogen (secondary N) is 1. The molecule has 0 aliphatic heterocycles. The molecule has 0 spiro atoms. The van der Waals surface area contributed by atoms with Crippen molar-refractivity contribution in [3.8, 4) is 0 Å². The fourth-order valence-corrected chi connectivity index (χ4v) is 1.81. The van der Waals surface area contributed by atoms with Crippen LogP contribution in [0.4, 0.5) is 11.4 Å². The lowest BCUT2D eigenvalue weighted by atomic mass is 10.3. The number of nitrogens with two attached hydrogens (primary N) is 1. The molecule has 2 amide bonds. The van der Waals surface area contributed by atoms with Gasteiger partial charge in [0.05, 0.1) is 23.8 Å². The molecule has 116 valence electrons. The van der Waals surface area contributed by atoms with Crippen LogP contribution >= 0.6 is 11.6 Å². The van der Waals surface area contributed by atoms with Crippen molar-refractivity contribution in [2.75, 3.05) is 44.8 Å². The van der Waals surface area contributed by atoms with Gasteiger partial charge in [-0.3, -0.25) is 14.5 Å². The van der Waals surface area contributed by atoms with Crippen molar-refractivity contribution in [1.82, 2.24) is 9.80 Å². The van der Waals surface area contributed by atoms with Crippen molar-refractivity contribution in [1.29, 1.82) is 0 Å². The lowest BCUT2D eigenvalue weighted by Crippen LogP contribution is -2.40. The first-order valence-corrected chi connectivity index (χ1v) is 6.98. The summed E-state index contributed by atoms with van der Waals surface area (Å²) in [4.78, 5) is 26.9. The van der Waals surface area contributed by atoms with Crippen LogP contribution in [0.25, 0.3) is 0 Å². The third kappa shape index (κ3) is 5.61. The molecule has 0 radical (unpaired) electrons. The maximum absolute atomic E-state index is 12.0. The summed E-state index contributed by atoms with van der Waals surface area (Å²) in [5.41, 5.74) is 6.65. The molecule has 0 atom stereocenters. The Morgan fingerprint density at radius 3 is 2.52 bits per heavy atom.